The first kappa shape index (κ1) is 10.9. The molecular formula is C10H19NOS. The van der Waals surface area contributed by atoms with Crippen LogP contribution in [0, 0.1) is 0 Å². The highest BCUT2D eigenvalue weighted by Crippen LogP contribution is 2.28. The number of thioether (sulfide) groups is 1. The van der Waals surface area contributed by atoms with E-state index in [4.69, 9.17) is 0 Å². The second kappa shape index (κ2) is 4.36. The monoisotopic (exact) mass is 201 g/mol. The van der Waals surface area contributed by atoms with Crippen LogP contribution < -0.4 is 0 Å². The quantitative estimate of drug-likeness (QED) is 0.697. The van der Waals surface area contributed by atoms with E-state index in [-0.39, 0.29) is 5.25 Å². The highest BCUT2D eigenvalue weighted by molar-refractivity contribution is 8.01. The first-order chi connectivity index (χ1) is 6.02. The summed E-state index contributed by atoms with van der Waals surface area (Å²) in [6, 6.07) is 0.366. The Morgan fingerprint density at radius 1 is 1.38 bits per heavy atom. The Labute approximate surface area is 85.1 Å². The summed E-state index contributed by atoms with van der Waals surface area (Å²) in [7, 11) is 0. The fraction of sp³-hybridized carbons (Fsp3) is 0.900. The fourth-order valence-corrected chi connectivity index (χ4v) is 2.79. The number of amides is 1. The molecule has 2 nitrogen and oxygen atoms in total. The zero-order valence-corrected chi connectivity index (χ0v) is 9.73. The van der Waals surface area contributed by atoms with E-state index < -0.39 is 0 Å². The molecule has 3 heteroatoms. The van der Waals surface area contributed by atoms with Crippen LogP contribution in [0.3, 0.4) is 0 Å². The molecule has 1 amide bonds. The van der Waals surface area contributed by atoms with Gasteiger partial charge in [-0.2, -0.15) is 0 Å². The van der Waals surface area contributed by atoms with Gasteiger partial charge in [0.2, 0.25) is 5.91 Å². The molecule has 0 N–H and O–H groups in total. The predicted octanol–water partition coefficient (Wildman–Crippen LogP) is 2.14. The van der Waals surface area contributed by atoms with Gasteiger partial charge in [0.25, 0.3) is 0 Å². The molecule has 0 aromatic rings. The summed E-state index contributed by atoms with van der Waals surface area (Å²) in [4.78, 5) is 13.8. The third-order valence-electron chi connectivity index (χ3n) is 2.25. The summed E-state index contributed by atoms with van der Waals surface area (Å²) < 4.78 is 0. The van der Waals surface area contributed by atoms with Crippen LogP contribution in [0.25, 0.3) is 0 Å². The molecule has 1 aliphatic heterocycles. The van der Waals surface area contributed by atoms with Crippen molar-refractivity contribution in [2.24, 2.45) is 0 Å². The smallest absolute Gasteiger partial charge is 0.235 e. The molecular weight excluding hydrogens is 182 g/mol. The number of carbonyl (C=O) groups excluding carboxylic acids is 1. The van der Waals surface area contributed by atoms with Gasteiger partial charge in [0.15, 0.2) is 0 Å². The number of likely N-dealkylation sites (tertiary alicyclic amines) is 1. The molecule has 1 aliphatic rings. The number of nitrogens with zero attached hydrogens (tertiary/aromatic N) is 1. The molecule has 1 atom stereocenters. The maximum atomic E-state index is 11.8. The summed E-state index contributed by atoms with van der Waals surface area (Å²) >= 11 is 1.80. The lowest BCUT2D eigenvalue weighted by Crippen LogP contribution is -2.34. The van der Waals surface area contributed by atoms with Crippen molar-refractivity contribution in [3.8, 4) is 0 Å². The van der Waals surface area contributed by atoms with Crippen molar-refractivity contribution in [3.63, 3.8) is 0 Å². The van der Waals surface area contributed by atoms with E-state index >= 15 is 0 Å². The maximum Gasteiger partial charge on any atom is 0.235 e. The molecule has 0 saturated carbocycles. The zero-order chi connectivity index (χ0) is 10.0. The van der Waals surface area contributed by atoms with Gasteiger partial charge in [-0.1, -0.05) is 13.8 Å². The minimum atomic E-state index is 0.224. The fourth-order valence-electron chi connectivity index (χ4n) is 1.64. The van der Waals surface area contributed by atoms with Crippen LogP contribution in [-0.4, -0.2) is 33.9 Å². The third-order valence-corrected chi connectivity index (χ3v) is 3.56. The Balaban J connectivity index is 2.50. The number of carbonyl (C=O) groups is 1. The Kier molecular flexibility index (Phi) is 3.65. The molecule has 1 heterocycles. The third kappa shape index (κ3) is 2.63. The van der Waals surface area contributed by atoms with E-state index in [2.05, 4.69) is 27.7 Å². The number of rotatable bonds is 3. The van der Waals surface area contributed by atoms with Crippen molar-refractivity contribution in [1.29, 1.82) is 0 Å². The Morgan fingerprint density at radius 2 is 2.00 bits per heavy atom. The highest BCUT2D eigenvalue weighted by atomic mass is 32.2. The van der Waals surface area contributed by atoms with Crippen LogP contribution in [0.4, 0.5) is 0 Å². The van der Waals surface area contributed by atoms with Gasteiger partial charge in [0, 0.05) is 12.6 Å². The minimum absolute atomic E-state index is 0.224. The molecule has 0 aromatic carbocycles. The van der Waals surface area contributed by atoms with Crippen molar-refractivity contribution >= 4 is 17.7 Å². The lowest BCUT2D eigenvalue weighted by molar-refractivity contribution is -0.128. The maximum absolute atomic E-state index is 11.8. The van der Waals surface area contributed by atoms with Gasteiger partial charge in [-0.05, 0) is 25.5 Å². The van der Waals surface area contributed by atoms with Gasteiger partial charge < -0.3 is 4.90 Å². The molecule has 0 radical (unpaired) electrons. The van der Waals surface area contributed by atoms with Crippen molar-refractivity contribution in [2.45, 2.75) is 50.7 Å². The van der Waals surface area contributed by atoms with E-state index in [9.17, 15) is 4.79 Å². The van der Waals surface area contributed by atoms with E-state index in [1.807, 2.05) is 4.90 Å². The summed E-state index contributed by atoms with van der Waals surface area (Å²) in [5.74, 6) is 0.341. The summed E-state index contributed by atoms with van der Waals surface area (Å²) in [5, 5.41) is 0.781. The normalized spacial score (nSPS) is 23.7. The average molecular weight is 201 g/mol. The summed E-state index contributed by atoms with van der Waals surface area (Å²) in [6.07, 6.45) is 1.03. The molecule has 1 saturated heterocycles. The van der Waals surface area contributed by atoms with Crippen LogP contribution in [0.15, 0.2) is 0 Å². The first-order valence-electron chi connectivity index (χ1n) is 4.98. The van der Waals surface area contributed by atoms with E-state index in [0.29, 0.717) is 17.2 Å². The summed E-state index contributed by atoms with van der Waals surface area (Å²) in [6.45, 7) is 9.41. The molecule has 0 bridgehead atoms. The highest BCUT2D eigenvalue weighted by Gasteiger charge is 2.33. The number of hydrogen-bond acceptors (Lipinski definition) is 2. The molecule has 1 rings (SSSR count). The van der Waals surface area contributed by atoms with Gasteiger partial charge in [-0.25, -0.2) is 0 Å². The van der Waals surface area contributed by atoms with Crippen molar-refractivity contribution < 1.29 is 4.79 Å². The Hall–Kier alpha value is -0.180. The van der Waals surface area contributed by atoms with E-state index in [1.165, 1.54) is 0 Å². The van der Waals surface area contributed by atoms with E-state index in [0.717, 1.165) is 13.0 Å². The molecule has 0 aliphatic carbocycles. The second-order valence-electron chi connectivity index (χ2n) is 4.09. The lowest BCUT2D eigenvalue weighted by Gasteiger charge is -2.21. The second-order valence-corrected chi connectivity index (χ2v) is 5.87. The molecule has 76 valence electrons. The van der Waals surface area contributed by atoms with E-state index in [1.54, 1.807) is 11.8 Å². The van der Waals surface area contributed by atoms with Crippen LogP contribution in [0.1, 0.15) is 34.1 Å². The largest absolute Gasteiger partial charge is 0.339 e. The molecule has 1 unspecified atom stereocenters. The first-order valence-corrected chi connectivity index (χ1v) is 5.92. The minimum Gasteiger partial charge on any atom is -0.339 e. The van der Waals surface area contributed by atoms with Gasteiger partial charge in [-0.3, -0.25) is 4.79 Å². The van der Waals surface area contributed by atoms with Crippen LogP contribution in [-0.2, 0) is 4.79 Å². The lowest BCUT2D eigenvalue weighted by atomic mass is 10.3. The average Bonchev–Trinajstić information content (AvgIpc) is 2.32. The van der Waals surface area contributed by atoms with Crippen molar-refractivity contribution in [2.75, 3.05) is 6.54 Å². The van der Waals surface area contributed by atoms with Gasteiger partial charge >= 0.3 is 0 Å². The molecule has 0 spiro atoms. The molecule has 0 aromatic heterocycles. The zero-order valence-electron chi connectivity index (χ0n) is 8.91. The Morgan fingerprint density at radius 3 is 2.38 bits per heavy atom. The van der Waals surface area contributed by atoms with Gasteiger partial charge in [0.05, 0.1) is 5.25 Å². The topological polar surface area (TPSA) is 20.3 Å². The molecule has 1 fully saturated rings. The summed E-state index contributed by atoms with van der Waals surface area (Å²) in [5.41, 5.74) is 0. The standard InChI is InChI=1S/C10H19NOS/c1-7(2)11-6-5-9(10(11)12)13-8(3)4/h7-9H,5-6H2,1-4H3. The van der Waals surface area contributed by atoms with Crippen molar-refractivity contribution in [1.82, 2.24) is 4.90 Å². The van der Waals surface area contributed by atoms with Crippen LogP contribution in [0.2, 0.25) is 0 Å². The number of hydrogen-bond donors (Lipinski definition) is 0. The van der Waals surface area contributed by atoms with Crippen LogP contribution >= 0.6 is 11.8 Å². The molecule has 13 heavy (non-hydrogen) atoms. The SMILES string of the molecule is CC(C)SC1CCN(C(C)C)C1=O. The van der Waals surface area contributed by atoms with Gasteiger partial charge in [-0.15, -0.1) is 11.8 Å². The Bertz CT molecular complexity index is 191. The predicted molar refractivity (Wildman–Crippen MR) is 58.0 cm³/mol. The van der Waals surface area contributed by atoms with Gasteiger partial charge in [0.1, 0.15) is 0 Å². The van der Waals surface area contributed by atoms with Crippen molar-refractivity contribution in [3.05, 3.63) is 0 Å². The van der Waals surface area contributed by atoms with Crippen LogP contribution in [0.5, 0.6) is 0 Å².